The lowest BCUT2D eigenvalue weighted by Crippen LogP contribution is -2.01. The number of hydrogen-bond acceptors (Lipinski definition) is 3. The Labute approximate surface area is 121 Å². The van der Waals surface area contributed by atoms with Gasteiger partial charge in [-0.1, -0.05) is 23.2 Å². The van der Waals surface area contributed by atoms with Crippen LogP contribution in [-0.2, 0) is 0 Å². The van der Waals surface area contributed by atoms with E-state index in [0.717, 1.165) is 5.76 Å². The number of ether oxygens (including phenoxy) is 1. The number of methoxy groups -OCH3 is 1. The van der Waals surface area contributed by atoms with E-state index in [-0.39, 0.29) is 0 Å². The van der Waals surface area contributed by atoms with Crippen LogP contribution in [0.25, 0.3) is 0 Å². The van der Waals surface area contributed by atoms with Gasteiger partial charge in [0.05, 0.1) is 17.2 Å². The van der Waals surface area contributed by atoms with E-state index >= 15 is 0 Å². The molecule has 0 amide bonds. The molecule has 0 aliphatic rings. The monoisotopic (exact) mass is 300 g/mol. The van der Waals surface area contributed by atoms with Gasteiger partial charge in [0.2, 0.25) is 0 Å². The Balaban J connectivity index is 2.47. The molecule has 1 aromatic carbocycles. The van der Waals surface area contributed by atoms with E-state index in [4.69, 9.17) is 32.4 Å². The lowest BCUT2D eigenvalue weighted by Gasteiger charge is -2.14. The average molecular weight is 301 g/mol. The number of aryl methyl sites for hydroxylation is 2. The summed E-state index contributed by atoms with van der Waals surface area (Å²) in [5.74, 6) is 1.87. The first kappa shape index (κ1) is 14.3. The van der Waals surface area contributed by atoms with Gasteiger partial charge in [-0.25, -0.2) is 0 Å². The van der Waals surface area contributed by atoms with Crippen LogP contribution in [-0.4, -0.2) is 12.2 Å². The zero-order chi connectivity index (χ0) is 14.2. The summed E-state index contributed by atoms with van der Waals surface area (Å²) in [5, 5.41) is 11.2. The highest BCUT2D eigenvalue weighted by Crippen LogP contribution is 2.37. The van der Waals surface area contributed by atoms with Gasteiger partial charge in [-0.3, -0.25) is 0 Å². The molecule has 102 valence electrons. The fourth-order valence-electron chi connectivity index (χ4n) is 2.00. The van der Waals surface area contributed by atoms with Crippen molar-refractivity contribution in [2.45, 2.75) is 20.0 Å². The molecular weight excluding hydrogens is 287 g/mol. The Morgan fingerprint density at radius 1 is 1.11 bits per heavy atom. The molecule has 0 aliphatic carbocycles. The highest BCUT2D eigenvalue weighted by atomic mass is 35.5. The molecule has 0 saturated carbocycles. The molecule has 0 radical (unpaired) electrons. The van der Waals surface area contributed by atoms with Crippen LogP contribution < -0.4 is 4.74 Å². The van der Waals surface area contributed by atoms with Crippen molar-refractivity contribution in [1.29, 1.82) is 0 Å². The summed E-state index contributed by atoms with van der Waals surface area (Å²) in [6, 6.07) is 4.98. The Morgan fingerprint density at radius 3 is 2.32 bits per heavy atom. The Morgan fingerprint density at radius 2 is 1.79 bits per heavy atom. The second kappa shape index (κ2) is 5.45. The Hall–Kier alpha value is -1.16. The van der Waals surface area contributed by atoms with Crippen molar-refractivity contribution in [3.63, 3.8) is 0 Å². The Bertz CT molecular complexity index is 605. The van der Waals surface area contributed by atoms with E-state index in [1.54, 1.807) is 25.1 Å². The molecule has 3 nitrogen and oxygen atoms in total. The van der Waals surface area contributed by atoms with Gasteiger partial charge in [0.25, 0.3) is 0 Å². The molecule has 0 fully saturated rings. The molecule has 0 saturated heterocycles. The normalized spacial score (nSPS) is 12.5. The summed E-state index contributed by atoms with van der Waals surface area (Å²) in [6.45, 7) is 3.62. The number of aliphatic hydroxyl groups is 1. The number of halogens is 2. The average Bonchev–Trinajstić information content (AvgIpc) is 2.70. The van der Waals surface area contributed by atoms with Crippen LogP contribution >= 0.6 is 23.2 Å². The molecule has 5 heteroatoms. The van der Waals surface area contributed by atoms with E-state index in [9.17, 15) is 5.11 Å². The number of hydrogen-bond donors (Lipinski definition) is 1. The maximum atomic E-state index is 10.4. The zero-order valence-corrected chi connectivity index (χ0v) is 12.3. The first-order chi connectivity index (χ1) is 8.93. The number of furan rings is 1. The van der Waals surface area contributed by atoms with Gasteiger partial charge in [0, 0.05) is 17.2 Å². The molecule has 1 N–H and O–H groups in total. The molecule has 19 heavy (non-hydrogen) atoms. The number of rotatable bonds is 3. The smallest absolute Gasteiger partial charge is 0.138 e. The number of aliphatic hydroxyl groups excluding tert-OH is 1. The SMILES string of the molecule is COc1cc(Cl)c(C(O)c2cc(C)oc2C)cc1Cl. The minimum atomic E-state index is -0.881. The van der Waals surface area contributed by atoms with Gasteiger partial charge in [-0.05, 0) is 26.0 Å². The van der Waals surface area contributed by atoms with Crippen LogP contribution in [0.2, 0.25) is 10.0 Å². The molecule has 0 aliphatic heterocycles. The Kier molecular flexibility index (Phi) is 4.09. The van der Waals surface area contributed by atoms with Gasteiger partial charge in [-0.15, -0.1) is 0 Å². The van der Waals surface area contributed by atoms with Crippen molar-refractivity contribution in [2.24, 2.45) is 0 Å². The minimum Gasteiger partial charge on any atom is -0.495 e. The van der Waals surface area contributed by atoms with Crippen molar-refractivity contribution in [3.05, 3.63) is 50.9 Å². The van der Waals surface area contributed by atoms with Crippen molar-refractivity contribution in [2.75, 3.05) is 7.11 Å². The molecule has 1 aromatic heterocycles. The topological polar surface area (TPSA) is 42.6 Å². The lowest BCUT2D eigenvalue weighted by atomic mass is 10.0. The highest BCUT2D eigenvalue weighted by molar-refractivity contribution is 6.34. The van der Waals surface area contributed by atoms with Crippen molar-refractivity contribution in [3.8, 4) is 5.75 Å². The standard InChI is InChI=1S/C14H14Cl2O3/c1-7-4-9(8(2)19-7)14(17)10-5-12(16)13(18-3)6-11(10)15/h4-6,14,17H,1-3H3. The third kappa shape index (κ3) is 2.73. The maximum absolute atomic E-state index is 10.4. The number of benzene rings is 1. The van der Waals surface area contributed by atoms with Crippen LogP contribution in [0.3, 0.4) is 0 Å². The first-order valence-corrected chi connectivity index (χ1v) is 6.47. The fourth-order valence-corrected chi connectivity index (χ4v) is 2.51. The van der Waals surface area contributed by atoms with Crippen molar-refractivity contribution < 1.29 is 14.3 Å². The summed E-state index contributed by atoms with van der Waals surface area (Å²) >= 11 is 12.2. The summed E-state index contributed by atoms with van der Waals surface area (Å²) in [6.07, 6.45) is -0.881. The highest BCUT2D eigenvalue weighted by Gasteiger charge is 2.20. The van der Waals surface area contributed by atoms with E-state index in [1.165, 1.54) is 7.11 Å². The van der Waals surface area contributed by atoms with Crippen LogP contribution in [0, 0.1) is 13.8 Å². The summed E-state index contributed by atoms with van der Waals surface area (Å²) < 4.78 is 10.5. The van der Waals surface area contributed by atoms with Gasteiger partial charge >= 0.3 is 0 Å². The van der Waals surface area contributed by atoms with E-state index in [1.807, 2.05) is 6.92 Å². The molecule has 1 atom stereocenters. The van der Waals surface area contributed by atoms with Crippen molar-refractivity contribution in [1.82, 2.24) is 0 Å². The van der Waals surface area contributed by atoms with Gasteiger partial charge < -0.3 is 14.3 Å². The molecular formula is C14H14Cl2O3. The first-order valence-electron chi connectivity index (χ1n) is 5.72. The fraction of sp³-hybridized carbons (Fsp3) is 0.286. The molecule has 0 spiro atoms. The van der Waals surface area contributed by atoms with Crippen LogP contribution in [0.5, 0.6) is 5.75 Å². The second-order valence-corrected chi connectivity index (χ2v) is 5.09. The van der Waals surface area contributed by atoms with Gasteiger partial charge in [0.1, 0.15) is 23.4 Å². The van der Waals surface area contributed by atoms with E-state index in [0.29, 0.717) is 32.7 Å². The molecule has 2 aromatic rings. The van der Waals surface area contributed by atoms with Crippen LogP contribution in [0.15, 0.2) is 22.6 Å². The molecule has 1 heterocycles. The largest absolute Gasteiger partial charge is 0.495 e. The summed E-state index contributed by atoms with van der Waals surface area (Å²) in [4.78, 5) is 0. The van der Waals surface area contributed by atoms with E-state index < -0.39 is 6.10 Å². The van der Waals surface area contributed by atoms with Gasteiger partial charge in [-0.2, -0.15) is 0 Å². The third-order valence-electron chi connectivity index (χ3n) is 2.94. The van der Waals surface area contributed by atoms with Crippen LogP contribution in [0.4, 0.5) is 0 Å². The minimum absolute atomic E-state index is 0.395. The lowest BCUT2D eigenvalue weighted by molar-refractivity contribution is 0.218. The van der Waals surface area contributed by atoms with Gasteiger partial charge in [0.15, 0.2) is 0 Å². The zero-order valence-electron chi connectivity index (χ0n) is 10.8. The quantitative estimate of drug-likeness (QED) is 0.919. The van der Waals surface area contributed by atoms with Crippen molar-refractivity contribution >= 4 is 23.2 Å². The summed E-state index contributed by atoms with van der Waals surface area (Å²) in [5.41, 5.74) is 1.21. The predicted octanol–water partition coefficient (Wildman–Crippen LogP) is 4.29. The molecule has 1 unspecified atom stereocenters. The van der Waals surface area contributed by atoms with E-state index in [2.05, 4.69) is 0 Å². The molecule has 2 rings (SSSR count). The third-order valence-corrected chi connectivity index (χ3v) is 3.56. The van der Waals surface area contributed by atoms with Crippen LogP contribution in [0.1, 0.15) is 28.8 Å². The predicted molar refractivity (Wildman–Crippen MR) is 75.3 cm³/mol. The molecule has 0 bridgehead atoms. The summed E-state index contributed by atoms with van der Waals surface area (Å²) in [7, 11) is 1.51. The maximum Gasteiger partial charge on any atom is 0.138 e. The second-order valence-electron chi connectivity index (χ2n) is 4.28.